The average Bonchev–Trinajstić information content (AvgIpc) is 2.90. The first-order valence-electron chi connectivity index (χ1n) is 11.8. The van der Waals surface area contributed by atoms with Gasteiger partial charge < -0.3 is 15.8 Å². The van der Waals surface area contributed by atoms with Gasteiger partial charge in [0.15, 0.2) is 5.75 Å². The number of benzene rings is 2. The van der Waals surface area contributed by atoms with Gasteiger partial charge in [-0.05, 0) is 49.9 Å². The van der Waals surface area contributed by atoms with Crippen molar-refractivity contribution in [3.8, 4) is 17.0 Å². The first-order valence-corrected chi connectivity index (χ1v) is 13.7. The van der Waals surface area contributed by atoms with Crippen LogP contribution in [0.4, 0.5) is 11.8 Å². The summed E-state index contributed by atoms with van der Waals surface area (Å²) >= 11 is 6.06. The fourth-order valence-electron chi connectivity index (χ4n) is 4.30. The van der Waals surface area contributed by atoms with Crippen molar-refractivity contribution >= 4 is 44.3 Å². The highest BCUT2D eigenvalue weighted by molar-refractivity contribution is 7.92. The van der Waals surface area contributed by atoms with Gasteiger partial charge in [0.2, 0.25) is 11.8 Å². The molecule has 1 aliphatic rings. The van der Waals surface area contributed by atoms with Crippen molar-refractivity contribution < 1.29 is 13.2 Å². The zero-order valence-corrected chi connectivity index (χ0v) is 21.6. The zero-order valence-electron chi connectivity index (χ0n) is 20.1. The van der Waals surface area contributed by atoms with Gasteiger partial charge in [-0.3, -0.25) is 4.72 Å². The van der Waals surface area contributed by atoms with Crippen LogP contribution in [0.5, 0.6) is 5.75 Å². The first kappa shape index (κ1) is 25.1. The third-order valence-electron chi connectivity index (χ3n) is 6.32. The lowest BCUT2D eigenvalue weighted by molar-refractivity contribution is 0.410. The number of fused-ring (bicyclic) bond motifs is 1. The monoisotopic (exact) mass is 539 g/mol. The predicted molar refractivity (Wildman–Crippen MR) is 143 cm³/mol. The van der Waals surface area contributed by atoms with Crippen LogP contribution in [0, 0.1) is 0 Å². The van der Waals surface area contributed by atoms with Crippen LogP contribution in [0.1, 0.15) is 25.7 Å². The molecular weight excluding hydrogens is 514 g/mol. The molecule has 4 N–H and O–H groups in total. The summed E-state index contributed by atoms with van der Waals surface area (Å²) in [5.74, 6) is 0.760. The van der Waals surface area contributed by atoms with E-state index in [0.717, 1.165) is 42.1 Å². The Morgan fingerprint density at radius 2 is 1.84 bits per heavy atom. The summed E-state index contributed by atoms with van der Waals surface area (Å²) in [7, 11) is -2.57. The quantitative estimate of drug-likeness (QED) is 0.314. The van der Waals surface area contributed by atoms with Crippen LogP contribution < -0.4 is 20.5 Å². The van der Waals surface area contributed by atoms with Gasteiger partial charge in [-0.2, -0.15) is 0 Å². The van der Waals surface area contributed by atoms with Gasteiger partial charge >= 0.3 is 0 Å². The molecule has 0 unspecified atom stereocenters. The van der Waals surface area contributed by atoms with E-state index in [1.165, 1.54) is 19.2 Å². The van der Waals surface area contributed by atoms with Crippen LogP contribution in [0.2, 0.25) is 5.02 Å². The van der Waals surface area contributed by atoms with Crippen molar-refractivity contribution in [2.24, 2.45) is 5.73 Å². The summed E-state index contributed by atoms with van der Waals surface area (Å²) in [6.45, 7) is 0. The molecule has 1 fully saturated rings. The summed E-state index contributed by atoms with van der Waals surface area (Å²) in [4.78, 5) is 9.05. The molecule has 12 heteroatoms. The van der Waals surface area contributed by atoms with Gasteiger partial charge in [0.25, 0.3) is 10.0 Å². The lowest BCUT2D eigenvalue weighted by Gasteiger charge is -2.26. The maximum absolute atomic E-state index is 12.8. The Morgan fingerprint density at radius 3 is 2.59 bits per heavy atom. The van der Waals surface area contributed by atoms with Crippen molar-refractivity contribution in [3.63, 3.8) is 0 Å². The Morgan fingerprint density at radius 1 is 1.05 bits per heavy atom. The summed E-state index contributed by atoms with van der Waals surface area (Å²) in [6, 6.07) is 14.0. The summed E-state index contributed by atoms with van der Waals surface area (Å²) in [6.07, 6.45) is 5.78. The smallest absolute Gasteiger partial charge is 0.264 e. The van der Waals surface area contributed by atoms with Gasteiger partial charge in [-0.1, -0.05) is 29.8 Å². The number of halogens is 1. The molecule has 2 aromatic heterocycles. The van der Waals surface area contributed by atoms with Gasteiger partial charge in [0, 0.05) is 35.3 Å². The molecule has 0 spiro atoms. The van der Waals surface area contributed by atoms with Crippen LogP contribution >= 0.6 is 11.6 Å². The standard InChI is InChI=1S/C25H26ClN7O3S/c1-36-22-13-21(31-32-24(22)33-37(34,35)23-5-3-2-4-19(23)26)15-6-11-20-16(12-15)14-28-25(30-20)29-18-9-7-17(27)8-10-18/h2-6,11-14,17-18H,7-10,27H2,1H3,(H,32,33)(H,28,29,30). The fraction of sp³-hybridized carbons (Fsp3) is 0.280. The minimum absolute atomic E-state index is 0.0466. The molecule has 4 aromatic rings. The van der Waals surface area contributed by atoms with E-state index in [-0.39, 0.29) is 27.5 Å². The number of methoxy groups -OCH3 is 1. The van der Waals surface area contributed by atoms with Crippen LogP contribution in [-0.2, 0) is 10.0 Å². The SMILES string of the molecule is COc1cc(-c2ccc3nc(NC4CCC(N)CC4)ncc3c2)nnc1NS(=O)(=O)c1ccccc1Cl. The topological polar surface area (TPSA) is 145 Å². The van der Waals surface area contributed by atoms with E-state index in [0.29, 0.717) is 17.7 Å². The van der Waals surface area contributed by atoms with Gasteiger partial charge in [-0.25, -0.2) is 18.4 Å². The van der Waals surface area contributed by atoms with Crippen LogP contribution in [0.25, 0.3) is 22.2 Å². The molecule has 0 saturated heterocycles. The summed E-state index contributed by atoms with van der Waals surface area (Å²) < 4.78 is 33.4. The summed E-state index contributed by atoms with van der Waals surface area (Å²) in [5.41, 5.74) is 8.04. The number of hydrogen-bond acceptors (Lipinski definition) is 9. The number of sulfonamides is 1. The number of rotatable bonds is 7. The van der Waals surface area contributed by atoms with Crippen LogP contribution in [0.3, 0.4) is 0 Å². The van der Waals surface area contributed by atoms with E-state index in [1.54, 1.807) is 24.4 Å². The molecule has 0 aliphatic heterocycles. The molecule has 0 radical (unpaired) electrons. The van der Waals surface area contributed by atoms with Crippen molar-refractivity contribution in [1.82, 2.24) is 20.2 Å². The number of nitrogens with zero attached hydrogens (tertiary/aromatic N) is 4. The molecule has 2 aromatic carbocycles. The zero-order chi connectivity index (χ0) is 26.0. The molecule has 37 heavy (non-hydrogen) atoms. The lowest BCUT2D eigenvalue weighted by atomic mass is 9.92. The third-order valence-corrected chi connectivity index (χ3v) is 8.16. The highest BCUT2D eigenvalue weighted by Gasteiger charge is 2.22. The highest BCUT2D eigenvalue weighted by Crippen LogP contribution is 2.31. The maximum atomic E-state index is 12.8. The average molecular weight is 540 g/mol. The maximum Gasteiger partial charge on any atom is 0.264 e. The van der Waals surface area contributed by atoms with Gasteiger partial charge in [-0.15, -0.1) is 10.2 Å². The number of ether oxygens (including phenoxy) is 1. The second-order valence-electron chi connectivity index (χ2n) is 8.91. The van der Waals surface area contributed by atoms with Crippen molar-refractivity contribution in [2.45, 2.75) is 42.7 Å². The fourth-order valence-corrected chi connectivity index (χ4v) is 5.82. The minimum Gasteiger partial charge on any atom is -0.493 e. The molecule has 5 rings (SSSR count). The lowest BCUT2D eigenvalue weighted by Crippen LogP contribution is -2.33. The molecular formula is C25H26ClN7O3S. The van der Waals surface area contributed by atoms with Crippen molar-refractivity contribution in [1.29, 1.82) is 0 Å². The van der Waals surface area contributed by atoms with E-state index in [2.05, 4.69) is 30.2 Å². The number of hydrogen-bond donors (Lipinski definition) is 3. The Balaban J connectivity index is 1.37. The van der Waals surface area contributed by atoms with E-state index in [4.69, 9.17) is 22.1 Å². The van der Waals surface area contributed by atoms with E-state index in [1.807, 2.05) is 18.2 Å². The van der Waals surface area contributed by atoms with Crippen LogP contribution in [-0.4, -0.2) is 47.8 Å². The predicted octanol–water partition coefficient (Wildman–Crippen LogP) is 4.23. The van der Waals surface area contributed by atoms with Crippen molar-refractivity contribution in [2.75, 3.05) is 17.1 Å². The van der Waals surface area contributed by atoms with E-state index in [9.17, 15) is 8.42 Å². The molecule has 0 bridgehead atoms. The molecule has 10 nitrogen and oxygen atoms in total. The first-order chi connectivity index (χ1) is 17.8. The van der Waals surface area contributed by atoms with E-state index >= 15 is 0 Å². The Kier molecular flexibility index (Phi) is 7.09. The number of nitrogens with two attached hydrogens (primary N) is 1. The van der Waals surface area contributed by atoms with E-state index < -0.39 is 10.0 Å². The normalized spacial score (nSPS) is 17.9. The number of nitrogens with one attached hydrogen (secondary N) is 2. The number of anilines is 2. The van der Waals surface area contributed by atoms with Crippen LogP contribution in [0.15, 0.2) is 59.6 Å². The molecule has 192 valence electrons. The largest absolute Gasteiger partial charge is 0.493 e. The molecule has 0 atom stereocenters. The van der Waals surface area contributed by atoms with Gasteiger partial charge in [0.05, 0.1) is 23.3 Å². The Labute approximate surface area is 219 Å². The molecule has 2 heterocycles. The third kappa shape index (κ3) is 5.58. The molecule has 0 amide bonds. The summed E-state index contributed by atoms with van der Waals surface area (Å²) in [5, 5.41) is 12.6. The highest BCUT2D eigenvalue weighted by atomic mass is 35.5. The second-order valence-corrected chi connectivity index (χ2v) is 11.0. The minimum atomic E-state index is -3.99. The second kappa shape index (κ2) is 10.4. The molecule has 1 aliphatic carbocycles. The van der Waals surface area contributed by atoms with Gasteiger partial charge in [0.1, 0.15) is 4.90 Å². The Bertz CT molecular complexity index is 1540. The number of aromatic nitrogens is 4. The Hall–Kier alpha value is -3.54. The molecule has 1 saturated carbocycles. The van der Waals surface area contributed by atoms with Crippen molar-refractivity contribution in [3.05, 3.63) is 59.8 Å².